The molecule has 5 aromatic rings. The summed E-state index contributed by atoms with van der Waals surface area (Å²) in [5.74, 6) is -4.10. The summed E-state index contributed by atoms with van der Waals surface area (Å²) in [6.45, 7) is -0.431. The third-order valence-corrected chi connectivity index (χ3v) is 6.08. The van der Waals surface area contributed by atoms with Crippen LogP contribution in [0.5, 0.6) is 0 Å². The number of imidazole rings is 1. The summed E-state index contributed by atoms with van der Waals surface area (Å²) in [5.41, 5.74) is 9.60. The van der Waals surface area contributed by atoms with E-state index in [2.05, 4.69) is 20.1 Å². The lowest BCUT2D eigenvalue weighted by molar-refractivity contribution is -0.170. The number of fused-ring (bicyclic) bond motifs is 1. The molecule has 0 unspecified atom stereocenters. The molecule has 0 fully saturated rings. The van der Waals surface area contributed by atoms with E-state index >= 15 is 0 Å². The normalized spacial score (nSPS) is 11.7. The smallest absolute Gasteiger partial charge is 0.383 e. The molecule has 3 aromatic heterocycles. The predicted molar refractivity (Wildman–Crippen MR) is 134 cm³/mol. The van der Waals surface area contributed by atoms with Crippen molar-refractivity contribution >= 4 is 28.4 Å². The fourth-order valence-electron chi connectivity index (χ4n) is 4.13. The van der Waals surface area contributed by atoms with Gasteiger partial charge in [0.15, 0.2) is 11.6 Å². The minimum absolute atomic E-state index is 0.00864. The third-order valence-electron chi connectivity index (χ3n) is 6.08. The van der Waals surface area contributed by atoms with Crippen molar-refractivity contribution in [1.82, 2.24) is 24.7 Å². The standard InChI is InChI=1S/C26H20F5N7O/c1-37-13-16(12-34-37)15-9-18(23(32)33-11-15)24-35-21-5-2-14(8-22(21)36-24)6-7-38(25(39)26(29,30)31)17-3-4-19(27)20(28)10-17/h2-5,8-13H,6-7H2,1H3,(H2,32,33)(H,35,36). The number of pyridine rings is 1. The van der Waals surface area contributed by atoms with Crippen molar-refractivity contribution < 1.29 is 26.7 Å². The van der Waals surface area contributed by atoms with Crippen LogP contribution in [-0.4, -0.2) is 43.4 Å². The molecule has 3 heterocycles. The molecular formula is C26H20F5N7O. The average Bonchev–Trinajstić information content (AvgIpc) is 3.51. The number of rotatable bonds is 6. The van der Waals surface area contributed by atoms with E-state index in [-0.39, 0.29) is 12.2 Å². The fraction of sp³-hybridized carbons (Fsp3) is 0.154. The number of amides is 1. The van der Waals surface area contributed by atoms with Gasteiger partial charge < -0.3 is 15.6 Å². The molecule has 0 aliphatic carbocycles. The first-order valence-corrected chi connectivity index (χ1v) is 11.6. The molecule has 0 saturated heterocycles. The van der Waals surface area contributed by atoms with Crippen LogP contribution in [0, 0.1) is 11.6 Å². The van der Waals surface area contributed by atoms with E-state index in [1.807, 2.05) is 12.3 Å². The van der Waals surface area contributed by atoms with Gasteiger partial charge in [-0.05, 0) is 42.3 Å². The number of H-pyrrole nitrogens is 1. The Labute approximate surface area is 217 Å². The molecule has 0 atom stereocenters. The molecule has 3 N–H and O–H groups in total. The van der Waals surface area contributed by atoms with Crippen molar-refractivity contribution in [2.75, 3.05) is 17.2 Å². The Morgan fingerprint density at radius 2 is 1.85 bits per heavy atom. The molecule has 8 nitrogen and oxygen atoms in total. The average molecular weight is 541 g/mol. The van der Waals surface area contributed by atoms with E-state index in [9.17, 15) is 26.7 Å². The maximum Gasteiger partial charge on any atom is 0.471 e. The van der Waals surface area contributed by atoms with Crippen LogP contribution >= 0.6 is 0 Å². The third kappa shape index (κ3) is 5.28. The topological polar surface area (TPSA) is 106 Å². The predicted octanol–water partition coefficient (Wildman–Crippen LogP) is 5.02. The number of nitrogen functional groups attached to an aromatic ring is 1. The van der Waals surface area contributed by atoms with Crippen molar-refractivity contribution in [3.05, 3.63) is 78.3 Å². The zero-order chi connectivity index (χ0) is 27.9. The number of carbonyl (C=O) groups is 1. The van der Waals surface area contributed by atoms with E-state index in [1.165, 1.54) is 0 Å². The van der Waals surface area contributed by atoms with Gasteiger partial charge in [-0.2, -0.15) is 18.3 Å². The zero-order valence-electron chi connectivity index (χ0n) is 20.3. The van der Waals surface area contributed by atoms with Gasteiger partial charge in [0.2, 0.25) is 0 Å². The van der Waals surface area contributed by atoms with Crippen LogP contribution in [-0.2, 0) is 18.3 Å². The first-order chi connectivity index (χ1) is 18.5. The van der Waals surface area contributed by atoms with Crippen molar-refractivity contribution in [3.8, 4) is 22.5 Å². The van der Waals surface area contributed by atoms with Crippen molar-refractivity contribution in [2.24, 2.45) is 7.05 Å². The summed E-state index contributed by atoms with van der Waals surface area (Å²) in [6, 6.07) is 8.98. The Morgan fingerprint density at radius 1 is 1.05 bits per heavy atom. The molecule has 0 saturated carbocycles. The SMILES string of the molecule is Cn1cc(-c2cnc(N)c(-c3nc4ccc(CCN(C(=O)C(F)(F)F)c5ccc(F)c(F)c5)cc4[nH]3)c2)cn1. The monoisotopic (exact) mass is 541 g/mol. The number of nitrogens with two attached hydrogens (primary N) is 1. The molecule has 0 aliphatic heterocycles. The van der Waals surface area contributed by atoms with Gasteiger partial charge in [0.05, 0.1) is 22.8 Å². The number of halogens is 5. The maximum absolute atomic E-state index is 13.7. The lowest BCUT2D eigenvalue weighted by atomic mass is 10.1. The molecule has 200 valence electrons. The van der Waals surface area contributed by atoms with E-state index in [4.69, 9.17) is 5.73 Å². The van der Waals surface area contributed by atoms with Crippen LogP contribution in [0.4, 0.5) is 33.5 Å². The van der Waals surface area contributed by atoms with Gasteiger partial charge in [-0.25, -0.2) is 18.7 Å². The molecule has 1 amide bonds. The summed E-state index contributed by atoms with van der Waals surface area (Å²) >= 11 is 0. The maximum atomic E-state index is 13.7. The van der Waals surface area contributed by atoms with Gasteiger partial charge >= 0.3 is 12.1 Å². The lowest BCUT2D eigenvalue weighted by Gasteiger charge is -2.24. The highest BCUT2D eigenvalue weighted by Crippen LogP contribution is 2.30. The van der Waals surface area contributed by atoms with E-state index < -0.39 is 36.0 Å². The summed E-state index contributed by atoms with van der Waals surface area (Å²) in [6.07, 6.45) is -0.0711. The van der Waals surface area contributed by atoms with Crippen molar-refractivity contribution in [1.29, 1.82) is 0 Å². The van der Waals surface area contributed by atoms with Crippen LogP contribution in [0.2, 0.25) is 0 Å². The number of nitrogens with zero attached hydrogens (tertiary/aromatic N) is 5. The highest BCUT2D eigenvalue weighted by molar-refractivity contribution is 5.97. The van der Waals surface area contributed by atoms with Crippen LogP contribution in [0.1, 0.15) is 5.56 Å². The second-order valence-electron chi connectivity index (χ2n) is 8.80. The summed E-state index contributed by atoms with van der Waals surface area (Å²) in [4.78, 5) is 24.4. The Balaban J connectivity index is 1.42. The number of aromatic amines is 1. The molecule has 0 spiro atoms. The Kier molecular flexibility index (Phi) is 6.50. The second-order valence-corrected chi connectivity index (χ2v) is 8.80. The highest BCUT2D eigenvalue weighted by atomic mass is 19.4. The zero-order valence-corrected chi connectivity index (χ0v) is 20.3. The number of hydrogen-bond acceptors (Lipinski definition) is 5. The van der Waals surface area contributed by atoms with Gasteiger partial charge in [-0.3, -0.25) is 9.48 Å². The number of aryl methyl sites for hydroxylation is 1. The van der Waals surface area contributed by atoms with Crippen molar-refractivity contribution in [2.45, 2.75) is 12.6 Å². The van der Waals surface area contributed by atoms with Crippen LogP contribution < -0.4 is 10.6 Å². The van der Waals surface area contributed by atoms with E-state index in [1.54, 1.807) is 42.3 Å². The second kappa shape index (κ2) is 9.82. The Morgan fingerprint density at radius 3 is 2.54 bits per heavy atom. The first kappa shape index (κ1) is 25.8. The molecule has 0 aliphatic rings. The van der Waals surface area contributed by atoms with E-state index in [0.717, 1.165) is 17.2 Å². The number of benzene rings is 2. The molecule has 13 heteroatoms. The Bertz CT molecular complexity index is 1690. The van der Waals surface area contributed by atoms with Crippen LogP contribution in [0.15, 0.2) is 61.1 Å². The number of aromatic nitrogens is 5. The quantitative estimate of drug-likeness (QED) is 0.294. The molecule has 39 heavy (non-hydrogen) atoms. The van der Waals surface area contributed by atoms with Gasteiger partial charge in [0.1, 0.15) is 11.6 Å². The first-order valence-electron chi connectivity index (χ1n) is 11.6. The minimum atomic E-state index is -5.20. The highest BCUT2D eigenvalue weighted by Gasteiger charge is 2.43. The van der Waals surface area contributed by atoms with Crippen molar-refractivity contribution in [3.63, 3.8) is 0 Å². The van der Waals surface area contributed by atoms with Gasteiger partial charge in [-0.15, -0.1) is 0 Å². The van der Waals surface area contributed by atoms with Gasteiger partial charge in [-0.1, -0.05) is 6.07 Å². The largest absolute Gasteiger partial charge is 0.471 e. The van der Waals surface area contributed by atoms with Gasteiger partial charge in [0.25, 0.3) is 0 Å². The number of carbonyl (C=O) groups excluding carboxylic acids is 1. The van der Waals surface area contributed by atoms with Crippen LogP contribution in [0.25, 0.3) is 33.5 Å². The molecule has 5 rings (SSSR count). The number of nitrogens with one attached hydrogen (secondary N) is 1. The molecule has 0 bridgehead atoms. The summed E-state index contributed by atoms with van der Waals surface area (Å²) < 4.78 is 68.4. The number of hydrogen-bond donors (Lipinski definition) is 2. The minimum Gasteiger partial charge on any atom is -0.383 e. The number of alkyl halides is 3. The molecule has 0 radical (unpaired) electrons. The number of anilines is 2. The summed E-state index contributed by atoms with van der Waals surface area (Å²) in [5, 5.41) is 4.16. The lowest BCUT2D eigenvalue weighted by Crippen LogP contribution is -2.42. The molecular weight excluding hydrogens is 521 g/mol. The summed E-state index contributed by atoms with van der Waals surface area (Å²) in [7, 11) is 1.79. The van der Waals surface area contributed by atoms with Crippen LogP contribution in [0.3, 0.4) is 0 Å². The van der Waals surface area contributed by atoms with E-state index in [0.29, 0.717) is 45.0 Å². The fourth-order valence-corrected chi connectivity index (χ4v) is 4.13. The Hall–Kier alpha value is -4.81. The molecule has 2 aromatic carbocycles. The van der Waals surface area contributed by atoms with Gasteiger partial charge in [0, 0.05) is 48.9 Å².